The zero-order valence-corrected chi connectivity index (χ0v) is 10.9. The van der Waals surface area contributed by atoms with Crippen LogP contribution in [0.3, 0.4) is 0 Å². The molecule has 0 bridgehead atoms. The molecule has 3 rings (SSSR count). The van der Waals surface area contributed by atoms with E-state index in [0.29, 0.717) is 18.5 Å². The van der Waals surface area contributed by atoms with Crippen LogP contribution in [0.5, 0.6) is 5.75 Å². The van der Waals surface area contributed by atoms with E-state index >= 15 is 0 Å². The van der Waals surface area contributed by atoms with Crippen molar-refractivity contribution < 1.29 is 9.26 Å². The number of fused-ring (bicyclic) bond motifs is 1. The van der Waals surface area contributed by atoms with Gasteiger partial charge in [0.25, 0.3) is 0 Å². The molecule has 5 heteroatoms. The second-order valence-electron chi connectivity index (χ2n) is 4.65. The van der Waals surface area contributed by atoms with Crippen molar-refractivity contribution in [3.8, 4) is 5.75 Å². The summed E-state index contributed by atoms with van der Waals surface area (Å²) < 4.78 is 10.3. The lowest BCUT2D eigenvalue weighted by molar-refractivity contribution is 0.286. The highest BCUT2D eigenvalue weighted by Gasteiger charge is 2.21. The third kappa shape index (κ3) is 2.61. The third-order valence-electron chi connectivity index (χ3n) is 3.42. The molecule has 1 heterocycles. The molecule has 1 N–H and O–H groups in total. The lowest BCUT2D eigenvalue weighted by Gasteiger charge is -2.12. The van der Waals surface area contributed by atoms with Crippen molar-refractivity contribution in [1.29, 1.82) is 0 Å². The summed E-state index contributed by atoms with van der Waals surface area (Å²) in [5.41, 5.74) is 2.77. The van der Waals surface area contributed by atoms with Crippen LogP contribution in [-0.4, -0.2) is 16.7 Å². The number of nitrogens with zero attached hydrogens (tertiary/aromatic N) is 2. The summed E-state index contributed by atoms with van der Waals surface area (Å²) in [4.78, 5) is 3.93. The summed E-state index contributed by atoms with van der Waals surface area (Å²) >= 11 is 0. The second kappa shape index (κ2) is 5.40. The highest BCUT2D eigenvalue weighted by molar-refractivity contribution is 5.40. The largest absolute Gasteiger partial charge is 0.485 e. The summed E-state index contributed by atoms with van der Waals surface area (Å²) in [5, 5.41) is 7.22. The molecule has 19 heavy (non-hydrogen) atoms. The fourth-order valence-electron chi connectivity index (χ4n) is 2.55. The Balaban J connectivity index is 1.68. The maximum Gasteiger partial charge on any atom is 0.213 e. The quantitative estimate of drug-likeness (QED) is 0.892. The molecule has 0 radical (unpaired) electrons. The maximum absolute atomic E-state index is 5.67. The molecule has 0 amide bonds. The van der Waals surface area contributed by atoms with Gasteiger partial charge >= 0.3 is 0 Å². The monoisotopic (exact) mass is 259 g/mol. The number of nitrogens with one attached hydrogen (secondary N) is 1. The summed E-state index contributed by atoms with van der Waals surface area (Å²) in [5.74, 6) is 1.42. The Morgan fingerprint density at radius 3 is 3.21 bits per heavy atom. The van der Waals surface area contributed by atoms with E-state index in [-0.39, 0.29) is 0 Å². The topological polar surface area (TPSA) is 60.2 Å². The number of aryl methyl sites for hydroxylation is 1. The molecule has 1 aromatic heterocycles. The van der Waals surface area contributed by atoms with Crippen LogP contribution in [0.2, 0.25) is 0 Å². The molecule has 100 valence electrons. The standard InChI is InChI=1S/C14H17N3O2/c1-2-15-13-6-3-10-7-11(4-5-12(10)13)18-8-14-16-9-19-17-14/h4-5,7,9,13,15H,2-3,6,8H2,1H3. The van der Waals surface area contributed by atoms with Crippen molar-refractivity contribution in [1.82, 2.24) is 15.5 Å². The van der Waals surface area contributed by atoms with Gasteiger partial charge in [-0.25, -0.2) is 0 Å². The molecule has 1 aromatic carbocycles. The van der Waals surface area contributed by atoms with E-state index in [1.807, 2.05) is 6.07 Å². The molecule has 1 aliphatic carbocycles. The van der Waals surface area contributed by atoms with Gasteiger partial charge in [-0.05, 0) is 42.6 Å². The van der Waals surface area contributed by atoms with Crippen LogP contribution in [0.1, 0.15) is 36.3 Å². The number of hydrogen-bond acceptors (Lipinski definition) is 5. The average Bonchev–Trinajstić information content (AvgIpc) is 3.06. The molecule has 2 aromatic rings. The van der Waals surface area contributed by atoms with Crippen molar-refractivity contribution >= 4 is 0 Å². The number of hydrogen-bond donors (Lipinski definition) is 1. The molecule has 1 unspecified atom stereocenters. The van der Waals surface area contributed by atoms with Gasteiger partial charge in [-0.3, -0.25) is 0 Å². The van der Waals surface area contributed by atoms with Crippen LogP contribution in [-0.2, 0) is 13.0 Å². The van der Waals surface area contributed by atoms with Crippen LogP contribution in [0, 0.1) is 0 Å². The summed E-state index contributed by atoms with van der Waals surface area (Å²) in [7, 11) is 0. The van der Waals surface area contributed by atoms with E-state index < -0.39 is 0 Å². The fourth-order valence-corrected chi connectivity index (χ4v) is 2.55. The zero-order valence-electron chi connectivity index (χ0n) is 10.9. The normalized spacial score (nSPS) is 17.4. The van der Waals surface area contributed by atoms with Gasteiger partial charge in [0.05, 0.1) is 0 Å². The number of rotatable bonds is 5. The Labute approximate surface area is 112 Å². The van der Waals surface area contributed by atoms with Crippen LogP contribution < -0.4 is 10.1 Å². The van der Waals surface area contributed by atoms with Gasteiger partial charge in [0.1, 0.15) is 5.75 Å². The number of benzene rings is 1. The van der Waals surface area contributed by atoms with E-state index in [1.165, 1.54) is 17.5 Å². The van der Waals surface area contributed by atoms with Crippen LogP contribution in [0.4, 0.5) is 0 Å². The van der Waals surface area contributed by atoms with Crippen LogP contribution >= 0.6 is 0 Å². The van der Waals surface area contributed by atoms with E-state index in [4.69, 9.17) is 4.74 Å². The van der Waals surface area contributed by atoms with Gasteiger partial charge in [-0.2, -0.15) is 4.98 Å². The lowest BCUT2D eigenvalue weighted by Crippen LogP contribution is -2.18. The first-order chi connectivity index (χ1) is 9.36. The minimum absolute atomic E-state index is 0.339. The lowest BCUT2D eigenvalue weighted by atomic mass is 10.1. The molecule has 1 aliphatic rings. The average molecular weight is 259 g/mol. The molecule has 5 nitrogen and oxygen atoms in total. The van der Waals surface area contributed by atoms with Crippen molar-refractivity contribution in [3.63, 3.8) is 0 Å². The van der Waals surface area contributed by atoms with Gasteiger partial charge in [-0.1, -0.05) is 18.1 Å². The van der Waals surface area contributed by atoms with Crippen LogP contribution in [0.15, 0.2) is 29.1 Å². The number of ether oxygens (including phenoxy) is 1. The Bertz CT molecular complexity index is 540. The van der Waals surface area contributed by atoms with E-state index in [9.17, 15) is 0 Å². The minimum atomic E-state index is 0.339. The Morgan fingerprint density at radius 2 is 2.42 bits per heavy atom. The van der Waals surface area contributed by atoms with Crippen molar-refractivity contribution in [2.45, 2.75) is 32.4 Å². The predicted octanol–water partition coefficient (Wildman–Crippen LogP) is 2.25. The molecule has 0 saturated heterocycles. The molecule has 0 fully saturated rings. The first-order valence-corrected chi connectivity index (χ1v) is 6.61. The summed E-state index contributed by atoms with van der Waals surface area (Å²) in [6.07, 6.45) is 3.58. The van der Waals surface area contributed by atoms with Gasteiger partial charge in [0.2, 0.25) is 12.2 Å². The smallest absolute Gasteiger partial charge is 0.213 e. The first kappa shape index (κ1) is 12.2. The van der Waals surface area contributed by atoms with Crippen molar-refractivity contribution in [2.75, 3.05) is 6.54 Å². The van der Waals surface area contributed by atoms with E-state index in [1.54, 1.807) is 0 Å². The highest BCUT2D eigenvalue weighted by Crippen LogP contribution is 2.33. The van der Waals surface area contributed by atoms with E-state index in [2.05, 4.69) is 39.0 Å². The Morgan fingerprint density at radius 1 is 1.47 bits per heavy atom. The molecule has 0 spiro atoms. The maximum atomic E-state index is 5.67. The highest BCUT2D eigenvalue weighted by atomic mass is 16.5. The summed E-state index contributed by atoms with van der Waals surface area (Å²) in [6, 6.07) is 6.77. The zero-order chi connectivity index (χ0) is 13.1. The molecule has 0 aliphatic heterocycles. The van der Waals surface area contributed by atoms with Gasteiger partial charge < -0.3 is 14.6 Å². The van der Waals surface area contributed by atoms with E-state index in [0.717, 1.165) is 25.1 Å². The Hall–Kier alpha value is -1.88. The fraction of sp³-hybridized carbons (Fsp3) is 0.429. The molecular weight excluding hydrogens is 242 g/mol. The molecule has 0 saturated carbocycles. The SMILES string of the molecule is CCNC1CCc2cc(OCc3ncon3)ccc21. The van der Waals surface area contributed by atoms with Gasteiger partial charge in [0, 0.05) is 6.04 Å². The first-order valence-electron chi connectivity index (χ1n) is 6.61. The third-order valence-corrected chi connectivity index (χ3v) is 3.42. The van der Waals surface area contributed by atoms with Gasteiger partial charge in [0.15, 0.2) is 6.61 Å². The second-order valence-corrected chi connectivity index (χ2v) is 4.65. The van der Waals surface area contributed by atoms with Crippen molar-refractivity contribution in [3.05, 3.63) is 41.5 Å². The molecule has 1 atom stereocenters. The minimum Gasteiger partial charge on any atom is -0.485 e. The summed E-state index contributed by atoms with van der Waals surface area (Å²) in [6.45, 7) is 3.48. The van der Waals surface area contributed by atoms with Crippen molar-refractivity contribution in [2.24, 2.45) is 0 Å². The Kier molecular flexibility index (Phi) is 3.46. The predicted molar refractivity (Wildman–Crippen MR) is 69.8 cm³/mol. The molecular formula is C14H17N3O2. The number of aromatic nitrogens is 2. The van der Waals surface area contributed by atoms with Crippen LogP contribution in [0.25, 0.3) is 0 Å². The van der Waals surface area contributed by atoms with Gasteiger partial charge in [-0.15, -0.1) is 0 Å².